The number of thioether (sulfide) groups is 1. The highest BCUT2D eigenvalue weighted by Gasteiger charge is 2.75. The summed E-state index contributed by atoms with van der Waals surface area (Å²) in [5, 5.41) is 26.0. The van der Waals surface area contributed by atoms with Gasteiger partial charge in [0.25, 0.3) is 0 Å². The predicted molar refractivity (Wildman–Crippen MR) is 144 cm³/mol. The van der Waals surface area contributed by atoms with E-state index in [1.54, 1.807) is 26.8 Å². The number of hydrogen-bond acceptors (Lipinski definition) is 8. The van der Waals surface area contributed by atoms with Crippen LogP contribution >= 0.6 is 11.8 Å². The Labute approximate surface area is 233 Å². The van der Waals surface area contributed by atoms with Crippen molar-refractivity contribution in [3.63, 3.8) is 0 Å². The number of carbonyl (C=O) groups excluding carboxylic acids is 4. The van der Waals surface area contributed by atoms with E-state index in [1.807, 2.05) is 6.26 Å². The van der Waals surface area contributed by atoms with E-state index in [2.05, 4.69) is 5.32 Å². The van der Waals surface area contributed by atoms with Gasteiger partial charge in [0, 0.05) is 23.7 Å². The van der Waals surface area contributed by atoms with Crippen molar-refractivity contribution in [3.8, 4) is 0 Å². The van der Waals surface area contributed by atoms with Crippen LogP contribution in [0.4, 0.5) is 4.39 Å². The van der Waals surface area contributed by atoms with E-state index in [9.17, 15) is 29.4 Å². The Bertz CT molecular complexity index is 1120. The van der Waals surface area contributed by atoms with Crippen molar-refractivity contribution in [3.05, 3.63) is 23.8 Å². The second-order valence-electron chi connectivity index (χ2n) is 12.2. The molecule has 0 bridgehead atoms. The number of alkyl halides is 1. The van der Waals surface area contributed by atoms with Crippen LogP contribution < -0.4 is 5.32 Å². The molecule has 4 aliphatic rings. The maximum atomic E-state index is 17.3. The molecule has 9 atom stereocenters. The van der Waals surface area contributed by atoms with Crippen LogP contribution in [0, 0.1) is 28.6 Å². The Balaban J connectivity index is 1.58. The molecule has 0 heterocycles. The van der Waals surface area contributed by atoms with Crippen LogP contribution in [0.1, 0.15) is 59.8 Å². The lowest BCUT2D eigenvalue weighted by atomic mass is 9.44. The number of aliphatic hydroxyl groups excluding tert-OH is 1. The molecule has 1 unspecified atom stereocenters. The number of allylic oxidation sites excluding steroid dienone is 4. The van der Waals surface area contributed by atoms with Gasteiger partial charge >= 0.3 is 5.97 Å². The first kappa shape index (κ1) is 29.9. The number of ether oxygens (including phenoxy) is 1. The number of carbonyl (C=O) groups is 4. The minimum atomic E-state index is -2.07. The third-order valence-electron chi connectivity index (χ3n) is 10.3. The molecular weight excluding hydrogens is 525 g/mol. The number of rotatable bonds is 8. The van der Waals surface area contributed by atoms with Crippen molar-refractivity contribution in [2.24, 2.45) is 28.6 Å². The molecule has 1 amide bonds. The van der Waals surface area contributed by atoms with Crippen LogP contribution in [0.2, 0.25) is 0 Å². The van der Waals surface area contributed by atoms with Gasteiger partial charge in [-0.25, -0.2) is 9.18 Å². The van der Waals surface area contributed by atoms with Crippen molar-refractivity contribution in [1.82, 2.24) is 5.32 Å². The highest BCUT2D eigenvalue weighted by molar-refractivity contribution is 7.98. The van der Waals surface area contributed by atoms with E-state index >= 15 is 4.39 Å². The largest absolute Gasteiger partial charge is 0.456 e. The van der Waals surface area contributed by atoms with E-state index in [1.165, 1.54) is 30.8 Å². The second kappa shape index (κ2) is 10.4. The molecule has 39 heavy (non-hydrogen) atoms. The molecule has 3 fully saturated rings. The first-order valence-electron chi connectivity index (χ1n) is 13.7. The van der Waals surface area contributed by atoms with Gasteiger partial charge in [-0.15, -0.1) is 0 Å². The van der Waals surface area contributed by atoms with E-state index < -0.39 is 76.3 Å². The summed E-state index contributed by atoms with van der Waals surface area (Å²) in [5.74, 6) is -3.07. The quantitative estimate of drug-likeness (QED) is 0.383. The summed E-state index contributed by atoms with van der Waals surface area (Å²) >= 11 is 1.50. The summed E-state index contributed by atoms with van der Waals surface area (Å²) in [5.41, 5.74) is -5.67. The van der Waals surface area contributed by atoms with Crippen LogP contribution in [0.15, 0.2) is 23.8 Å². The van der Waals surface area contributed by atoms with Crippen molar-refractivity contribution < 1.29 is 38.5 Å². The third kappa shape index (κ3) is 4.41. The maximum absolute atomic E-state index is 17.3. The Morgan fingerprint density at radius 1 is 1.28 bits per heavy atom. The van der Waals surface area contributed by atoms with Crippen LogP contribution in [0.5, 0.6) is 0 Å². The number of halogens is 1. The fourth-order valence-corrected chi connectivity index (χ4v) is 8.69. The van der Waals surface area contributed by atoms with Gasteiger partial charge in [-0.2, -0.15) is 11.8 Å². The van der Waals surface area contributed by atoms with E-state index in [-0.39, 0.29) is 12.2 Å². The average Bonchev–Trinajstić information content (AvgIpc) is 3.07. The molecule has 3 saturated carbocycles. The molecule has 3 N–H and O–H groups in total. The second-order valence-corrected chi connectivity index (χ2v) is 13.2. The van der Waals surface area contributed by atoms with Gasteiger partial charge in [-0.05, 0) is 75.0 Å². The standard InChI is InChI=1S/C29H40FNO7S/c1-16-12-21-20-7-6-18-13-19(33)8-10-26(18,3)28(20,30)23(34)14-27(21,4)29(16,37)24(35)15-38-25(36)22(9-11-39-5)31-17(2)32/h8,10,13,16,20-23,34,37H,6-7,9,11-12,14-15H2,1-5H3,(H,31,32)/t16-,20-,21-,22?,23-,26-,27-,28-,29-/m0/s1. The molecule has 0 aromatic carbocycles. The molecule has 4 aliphatic carbocycles. The van der Waals surface area contributed by atoms with Gasteiger partial charge < -0.3 is 20.3 Å². The summed E-state index contributed by atoms with van der Waals surface area (Å²) < 4.78 is 22.6. The lowest BCUT2D eigenvalue weighted by Gasteiger charge is -2.62. The Hall–Kier alpha value is -2.04. The van der Waals surface area contributed by atoms with Gasteiger partial charge in [0.2, 0.25) is 11.7 Å². The molecule has 216 valence electrons. The zero-order valence-corrected chi connectivity index (χ0v) is 24.1. The lowest BCUT2D eigenvalue weighted by molar-refractivity contribution is -0.220. The molecule has 0 saturated heterocycles. The van der Waals surface area contributed by atoms with Gasteiger partial charge in [0.05, 0.1) is 6.10 Å². The fourth-order valence-electron chi connectivity index (χ4n) is 8.22. The summed E-state index contributed by atoms with van der Waals surface area (Å²) in [6.45, 7) is 5.80. The molecule has 0 spiro atoms. The number of nitrogens with one attached hydrogen (secondary N) is 1. The van der Waals surface area contributed by atoms with Crippen LogP contribution in [0.25, 0.3) is 0 Å². The summed E-state index contributed by atoms with van der Waals surface area (Å²) in [4.78, 5) is 49.9. The number of amides is 1. The number of ketones is 2. The third-order valence-corrected chi connectivity index (χ3v) is 10.9. The van der Waals surface area contributed by atoms with Crippen molar-refractivity contribution >= 4 is 35.2 Å². The Morgan fingerprint density at radius 3 is 2.62 bits per heavy atom. The minimum absolute atomic E-state index is 0.155. The van der Waals surface area contributed by atoms with E-state index in [0.29, 0.717) is 37.0 Å². The highest BCUT2D eigenvalue weighted by Crippen LogP contribution is 2.70. The fraction of sp³-hybridized carbons (Fsp3) is 0.724. The average molecular weight is 566 g/mol. The molecule has 10 heteroatoms. The van der Waals surface area contributed by atoms with Crippen LogP contribution in [0.3, 0.4) is 0 Å². The van der Waals surface area contributed by atoms with Gasteiger partial charge in [-0.3, -0.25) is 14.4 Å². The van der Waals surface area contributed by atoms with E-state index in [4.69, 9.17) is 4.74 Å². The maximum Gasteiger partial charge on any atom is 0.329 e. The van der Waals surface area contributed by atoms with Crippen LogP contribution in [-0.4, -0.2) is 75.7 Å². The first-order chi connectivity index (χ1) is 18.2. The van der Waals surface area contributed by atoms with Crippen molar-refractivity contribution in [1.29, 1.82) is 0 Å². The number of fused-ring (bicyclic) bond motifs is 5. The number of aliphatic hydroxyl groups is 2. The smallest absolute Gasteiger partial charge is 0.329 e. The summed E-state index contributed by atoms with van der Waals surface area (Å²) in [7, 11) is 0. The van der Waals surface area contributed by atoms with Crippen LogP contribution in [-0.2, 0) is 23.9 Å². The van der Waals surface area contributed by atoms with Gasteiger partial charge in [0.1, 0.15) is 11.6 Å². The first-order valence-corrected chi connectivity index (χ1v) is 15.1. The zero-order chi connectivity index (χ0) is 29.0. The normalized spacial score (nSPS) is 41.5. The summed E-state index contributed by atoms with van der Waals surface area (Å²) in [6, 6.07) is -0.911. The lowest BCUT2D eigenvalue weighted by Crippen LogP contribution is -2.69. The highest BCUT2D eigenvalue weighted by atomic mass is 32.2. The Morgan fingerprint density at radius 2 is 1.97 bits per heavy atom. The molecule has 4 rings (SSSR count). The zero-order valence-electron chi connectivity index (χ0n) is 23.3. The molecular formula is C29H40FNO7S. The molecule has 0 aromatic rings. The Kier molecular flexibility index (Phi) is 7.99. The number of hydrogen-bond donors (Lipinski definition) is 3. The monoisotopic (exact) mass is 565 g/mol. The molecule has 0 aromatic heterocycles. The topological polar surface area (TPSA) is 130 Å². The SMILES string of the molecule is CSCCC(NC(C)=O)C(=O)OCC(=O)[C@@]1(O)[C@@H](C)C[C@H]2[C@@H]3CCC4=CC(=O)C=C[C@]4(C)[C@@]3(F)[C@@H](O)C[C@@]21C. The number of Topliss-reactive ketones (excluding diaryl/α,β-unsaturated/α-hetero) is 1. The van der Waals surface area contributed by atoms with Gasteiger partial charge in [-0.1, -0.05) is 25.5 Å². The number of esters is 1. The van der Waals surface area contributed by atoms with E-state index in [0.717, 1.165) is 0 Å². The van der Waals surface area contributed by atoms with Gasteiger partial charge in [0.15, 0.2) is 18.1 Å². The molecule has 8 nitrogen and oxygen atoms in total. The summed E-state index contributed by atoms with van der Waals surface area (Å²) in [6.07, 6.45) is 6.19. The predicted octanol–water partition coefficient (Wildman–Crippen LogP) is 2.70. The van der Waals surface area contributed by atoms with Crippen molar-refractivity contribution in [2.75, 3.05) is 18.6 Å². The molecule has 0 radical (unpaired) electrons. The minimum Gasteiger partial charge on any atom is -0.456 e. The molecule has 0 aliphatic heterocycles. The van der Waals surface area contributed by atoms with Crippen molar-refractivity contribution in [2.45, 2.75) is 83.2 Å².